The monoisotopic (exact) mass is 305 g/mol. The van der Waals surface area contributed by atoms with Crippen molar-refractivity contribution >= 4 is 11.7 Å². The van der Waals surface area contributed by atoms with Crippen LogP contribution in [0.4, 0.5) is 4.79 Å². The van der Waals surface area contributed by atoms with Gasteiger partial charge in [-0.3, -0.25) is 4.90 Å². The van der Waals surface area contributed by atoms with E-state index in [9.17, 15) is 4.79 Å². The molecule has 1 fully saturated rings. The molecule has 1 aromatic rings. The normalized spacial score (nSPS) is 24.9. The van der Waals surface area contributed by atoms with E-state index >= 15 is 0 Å². The van der Waals surface area contributed by atoms with Gasteiger partial charge in [0, 0.05) is 7.05 Å². The maximum atomic E-state index is 12.5. The Bertz CT molecular complexity index is 600. The van der Waals surface area contributed by atoms with Crippen LogP contribution in [0.15, 0.2) is 18.6 Å². The van der Waals surface area contributed by atoms with Gasteiger partial charge in [0.1, 0.15) is 5.60 Å². The summed E-state index contributed by atoms with van der Waals surface area (Å²) in [6, 6.07) is -0.0595. The van der Waals surface area contributed by atoms with Crippen molar-refractivity contribution in [2.45, 2.75) is 44.9 Å². The van der Waals surface area contributed by atoms with Crippen LogP contribution < -0.4 is 0 Å². The summed E-state index contributed by atoms with van der Waals surface area (Å²) in [5, 5.41) is 0. The molecule has 2 bridgehead atoms. The van der Waals surface area contributed by atoms with Crippen molar-refractivity contribution in [3.05, 3.63) is 24.3 Å². The highest BCUT2D eigenvalue weighted by Crippen LogP contribution is 2.33. The number of aryl methyl sites for hydroxylation is 1. The number of amides is 1. The zero-order valence-corrected chi connectivity index (χ0v) is 13.6. The zero-order valence-electron chi connectivity index (χ0n) is 13.6. The molecule has 1 aromatic heterocycles. The van der Waals surface area contributed by atoms with Crippen molar-refractivity contribution < 1.29 is 14.3 Å². The lowest BCUT2D eigenvalue weighted by Crippen LogP contribution is -2.57. The molecule has 1 amide bonds. The van der Waals surface area contributed by atoms with Crippen molar-refractivity contribution in [2.75, 3.05) is 13.2 Å². The molecule has 3 rings (SSSR count). The van der Waals surface area contributed by atoms with E-state index in [0.29, 0.717) is 13.2 Å². The standard InChI is InChI=1S/C16H23N3O3/c1-16(2,3)22-15(20)19-12-5-11(6-13(19)9-21-8-12)14-7-17-10-18(14)4/h5,7,10,12-13H,6,8-9H2,1-4H3. The van der Waals surface area contributed by atoms with E-state index in [0.717, 1.165) is 12.1 Å². The number of carbonyl (C=O) groups is 1. The zero-order chi connectivity index (χ0) is 15.9. The molecule has 2 aliphatic rings. The smallest absolute Gasteiger partial charge is 0.411 e. The van der Waals surface area contributed by atoms with Crippen LogP contribution in [0.5, 0.6) is 0 Å². The lowest BCUT2D eigenvalue weighted by atomic mass is 9.93. The molecule has 3 heterocycles. The average molecular weight is 305 g/mol. The SMILES string of the molecule is Cn1cncc1C1=CC2COCC(C1)N2C(=O)OC(C)(C)C. The number of carbonyl (C=O) groups excluding carboxylic acids is 1. The summed E-state index contributed by atoms with van der Waals surface area (Å²) in [6.45, 7) is 6.72. The number of hydrogen-bond acceptors (Lipinski definition) is 4. The molecular weight excluding hydrogens is 282 g/mol. The van der Waals surface area contributed by atoms with E-state index in [4.69, 9.17) is 9.47 Å². The Morgan fingerprint density at radius 2 is 2.18 bits per heavy atom. The minimum Gasteiger partial charge on any atom is -0.444 e. The maximum Gasteiger partial charge on any atom is 0.411 e. The first-order valence-corrected chi connectivity index (χ1v) is 7.61. The second-order valence-electron chi connectivity index (χ2n) is 6.93. The van der Waals surface area contributed by atoms with E-state index in [1.807, 2.05) is 43.5 Å². The molecular formula is C16H23N3O3. The Balaban J connectivity index is 1.86. The fourth-order valence-electron chi connectivity index (χ4n) is 3.05. The summed E-state index contributed by atoms with van der Waals surface area (Å²) in [4.78, 5) is 18.5. The van der Waals surface area contributed by atoms with Gasteiger partial charge in [-0.2, -0.15) is 0 Å². The van der Waals surface area contributed by atoms with E-state index in [1.54, 1.807) is 6.33 Å². The highest BCUT2D eigenvalue weighted by Gasteiger charge is 2.40. The molecule has 2 unspecified atom stereocenters. The Hall–Kier alpha value is -1.82. The van der Waals surface area contributed by atoms with Gasteiger partial charge in [-0.05, 0) is 32.8 Å². The van der Waals surface area contributed by atoms with Crippen LogP contribution in [0, 0.1) is 0 Å². The largest absolute Gasteiger partial charge is 0.444 e. The average Bonchev–Trinajstić information content (AvgIpc) is 2.81. The highest BCUT2D eigenvalue weighted by atomic mass is 16.6. The summed E-state index contributed by atoms with van der Waals surface area (Å²) in [7, 11) is 1.98. The molecule has 6 heteroatoms. The molecule has 22 heavy (non-hydrogen) atoms. The summed E-state index contributed by atoms with van der Waals surface area (Å²) >= 11 is 0. The number of ether oxygens (including phenoxy) is 2. The first kappa shape index (κ1) is 15.1. The number of fused-ring (bicyclic) bond motifs is 2. The lowest BCUT2D eigenvalue weighted by Gasteiger charge is -2.44. The van der Waals surface area contributed by atoms with Crippen molar-refractivity contribution in [2.24, 2.45) is 7.05 Å². The molecule has 0 aromatic carbocycles. The molecule has 0 spiro atoms. The predicted octanol–water partition coefficient (Wildman–Crippen LogP) is 2.21. The minimum absolute atomic E-state index is 0.0171. The number of imidazole rings is 1. The van der Waals surface area contributed by atoms with Crippen LogP contribution in [0.25, 0.3) is 5.57 Å². The topological polar surface area (TPSA) is 56.6 Å². The molecule has 0 N–H and O–H groups in total. The quantitative estimate of drug-likeness (QED) is 0.798. The number of morpholine rings is 1. The Kier molecular flexibility index (Phi) is 3.72. The Morgan fingerprint density at radius 1 is 1.41 bits per heavy atom. The Morgan fingerprint density at radius 3 is 2.77 bits per heavy atom. The highest BCUT2D eigenvalue weighted by molar-refractivity contribution is 5.74. The molecule has 0 saturated carbocycles. The number of hydrogen-bond donors (Lipinski definition) is 0. The van der Waals surface area contributed by atoms with Gasteiger partial charge >= 0.3 is 6.09 Å². The lowest BCUT2D eigenvalue weighted by molar-refractivity contribution is -0.0511. The van der Waals surface area contributed by atoms with Gasteiger partial charge in [0.15, 0.2) is 0 Å². The van der Waals surface area contributed by atoms with E-state index in [1.165, 1.54) is 5.57 Å². The van der Waals surface area contributed by atoms with E-state index < -0.39 is 5.60 Å². The third kappa shape index (κ3) is 2.88. The van der Waals surface area contributed by atoms with Crippen LogP contribution >= 0.6 is 0 Å². The van der Waals surface area contributed by atoms with Crippen molar-refractivity contribution in [3.63, 3.8) is 0 Å². The molecule has 6 nitrogen and oxygen atoms in total. The van der Waals surface area contributed by atoms with Crippen molar-refractivity contribution in [1.29, 1.82) is 0 Å². The first-order valence-electron chi connectivity index (χ1n) is 7.61. The molecule has 1 saturated heterocycles. The number of rotatable bonds is 1. The molecule has 2 aliphatic heterocycles. The summed E-state index contributed by atoms with van der Waals surface area (Å²) in [5.41, 5.74) is 1.83. The van der Waals surface area contributed by atoms with E-state index in [-0.39, 0.29) is 18.2 Å². The summed E-state index contributed by atoms with van der Waals surface area (Å²) < 4.78 is 13.2. The third-order valence-corrected chi connectivity index (χ3v) is 3.95. The van der Waals surface area contributed by atoms with E-state index in [2.05, 4.69) is 11.1 Å². The van der Waals surface area contributed by atoms with Gasteiger partial charge in [-0.25, -0.2) is 9.78 Å². The van der Waals surface area contributed by atoms with Crippen LogP contribution in [-0.4, -0.2) is 51.4 Å². The van der Waals surface area contributed by atoms with Crippen molar-refractivity contribution in [3.8, 4) is 0 Å². The fourth-order valence-corrected chi connectivity index (χ4v) is 3.05. The maximum absolute atomic E-state index is 12.5. The fraction of sp³-hybridized carbons (Fsp3) is 0.625. The minimum atomic E-state index is -0.488. The first-order chi connectivity index (χ1) is 10.3. The van der Waals surface area contributed by atoms with Gasteiger partial charge < -0.3 is 14.0 Å². The molecule has 2 atom stereocenters. The van der Waals surface area contributed by atoms with Gasteiger partial charge in [-0.15, -0.1) is 0 Å². The van der Waals surface area contributed by atoms with Crippen LogP contribution in [0.3, 0.4) is 0 Å². The second-order valence-corrected chi connectivity index (χ2v) is 6.93. The molecule has 0 aliphatic carbocycles. The van der Waals surface area contributed by atoms with Crippen LogP contribution in [-0.2, 0) is 16.5 Å². The molecule has 120 valence electrons. The number of nitrogens with zero attached hydrogens (tertiary/aromatic N) is 3. The predicted molar refractivity (Wildman–Crippen MR) is 82.3 cm³/mol. The Labute approximate surface area is 130 Å². The van der Waals surface area contributed by atoms with Gasteiger partial charge in [0.25, 0.3) is 0 Å². The second kappa shape index (κ2) is 5.43. The van der Waals surface area contributed by atoms with Crippen LogP contribution in [0.1, 0.15) is 32.9 Å². The summed E-state index contributed by atoms with van der Waals surface area (Å²) in [6.07, 6.45) is 6.27. The van der Waals surface area contributed by atoms with Crippen molar-refractivity contribution in [1.82, 2.24) is 14.5 Å². The van der Waals surface area contributed by atoms with Gasteiger partial charge in [0.05, 0.1) is 43.5 Å². The summed E-state index contributed by atoms with van der Waals surface area (Å²) in [5.74, 6) is 0. The van der Waals surface area contributed by atoms with Gasteiger partial charge in [-0.1, -0.05) is 6.08 Å². The number of aromatic nitrogens is 2. The third-order valence-electron chi connectivity index (χ3n) is 3.95. The molecule has 0 radical (unpaired) electrons. The van der Waals surface area contributed by atoms with Crippen LogP contribution in [0.2, 0.25) is 0 Å². The van der Waals surface area contributed by atoms with Gasteiger partial charge in [0.2, 0.25) is 0 Å².